The van der Waals surface area contributed by atoms with Crippen LogP contribution in [0.15, 0.2) is 36.7 Å². The van der Waals surface area contributed by atoms with Gasteiger partial charge in [-0.3, -0.25) is 14.9 Å². The number of pyridine rings is 2. The topological polar surface area (TPSA) is 41.0 Å². The van der Waals surface area contributed by atoms with Crippen LogP contribution in [0.3, 0.4) is 0 Å². The summed E-state index contributed by atoms with van der Waals surface area (Å²) in [7, 11) is 2.02. The first-order valence-electron chi connectivity index (χ1n) is 9.45. The summed E-state index contributed by atoms with van der Waals surface area (Å²) in [6.07, 6.45) is 8.60. The number of likely N-dealkylation sites (tertiary alicyclic amines) is 1. The van der Waals surface area contributed by atoms with Gasteiger partial charge in [-0.1, -0.05) is 12.1 Å². The maximum absolute atomic E-state index is 4.75. The molecule has 1 saturated heterocycles. The minimum atomic E-state index is 0.387. The molecule has 0 amide bonds. The van der Waals surface area contributed by atoms with Crippen LogP contribution >= 0.6 is 0 Å². The molecule has 0 aromatic carbocycles. The highest BCUT2D eigenvalue weighted by molar-refractivity contribution is 5.25. The van der Waals surface area contributed by atoms with Crippen LogP contribution in [0, 0.1) is 13.8 Å². The second-order valence-electron chi connectivity index (χ2n) is 7.07. The molecule has 2 atom stereocenters. The van der Waals surface area contributed by atoms with Gasteiger partial charge < -0.3 is 5.32 Å². The Morgan fingerprint density at radius 1 is 1.00 bits per heavy atom. The largest absolute Gasteiger partial charge is 0.320 e. The van der Waals surface area contributed by atoms with Crippen molar-refractivity contribution in [3.63, 3.8) is 0 Å². The molecule has 0 saturated carbocycles. The van der Waals surface area contributed by atoms with Crippen molar-refractivity contribution in [3.8, 4) is 0 Å². The van der Waals surface area contributed by atoms with E-state index in [1.807, 2.05) is 31.6 Å². The molecule has 1 N–H and O–H groups in total. The number of aromatic nitrogens is 2. The second-order valence-corrected chi connectivity index (χ2v) is 7.07. The van der Waals surface area contributed by atoms with Gasteiger partial charge in [-0.15, -0.1) is 0 Å². The van der Waals surface area contributed by atoms with Crippen LogP contribution < -0.4 is 5.32 Å². The average molecular weight is 338 g/mol. The SMILES string of the molecule is CNCCCN1[C@@H](c2ncccc2C)CCC[C@H]1c1ncccc1C. The summed E-state index contributed by atoms with van der Waals surface area (Å²) in [4.78, 5) is 12.2. The van der Waals surface area contributed by atoms with Crippen LogP contribution in [0.1, 0.15) is 60.3 Å². The Balaban J connectivity index is 1.94. The van der Waals surface area contributed by atoms with Gasteiger partial charge in [0.15, 0.2) is 0 Å². The van der Waals surface area contributed by atoms with E-state index in [4.69, 9.17) is 9.97 Å². The van der Waals surface area contributed by atoms with E-state index in [-0.39, 0.29) is 0 Å². The molecule has 0 aliphatic carbocycles. The van der Waals surface area contributed by atoms with Gasteiger partial charge in [0.25, 0.3) is 0 Å². The Morgan fingerprint density at radius 2 is 1.56 bits per heavy atom. The van der Waals surface area contributed by atoms with E-state index >= 15 is 0 Å². The lowest BCUT2D eigenvalue weighted by Gasteiger charge is -2.42. The van der Waals surface area contributed by atoms with Crippen molar-refractivity contribution in [1.29, 1.82) is 0 Å². The summed E-state index contributed by atoms with van der Waals surface area (Å²) in [6, 6.07) is 9.21. The fourth-order valence-electron chi connectivity index (χ4n) is 4.08. The zero-order valence-electron chi connectivity index (χ0n) is 15.7. The highest BCUT2D eigenvalue weighted by Crippen LogP contribution is 2.41. The van der Waals surface area contributed by atoms with Crippen molar-refractivity contribution in [3.05, 3.63) is 59.2 Å². The quantitative estimate of drug-likeness (QED) is 0.809. The highest BCUT2D eigenvalue weighted by atomic mass is 15.2. The lowest BCUT2D eigenvalue weighted by atomic mass is 9.88. The molecular formula is C21H30N4. The Morgan fingerprint density at radius 3 is 2.04 bits per heavy atom. The van der Waals surface area contributed by atoms with E-state index in [9.17, 15) is 0 Å². The second kappa shape index (κ2) is 8.54. The van der Waals surface area contributed by atoms with Crippen LogP contribution in [0.25, 0.3) is 0 Å². The Hall–Kier alpha value is -1.78. The van der Waals surface area contributed by atoms with Gasteiger partial charge in [0.2, 0.25) is 0 Å². The molecule has 3 rings (SSSR count). The van der Waals surface area contributed by atoms with E-state index < -0.39 is 0 Å². The van der Waals surface area contributed by atoms with Gasteiger partial charge in [0, 0.05) is 18.9 Å². The number of aryl methyl sites for hydroxylation is 2. The number of rotatable bonds is 6. The molecule has 0 spiro atoms. The molecule has 2 aromatic rings. The van der Waals surface area contributed by atoms with Crippen molar-refractivity contribution < 1.29 is 0 Å². The third-order valence-electron chi connectivity index (χ3n) is 5.33. The van der Waals surface area contributed by atoms with E-state index in [1.165, 1.54) is 41.8 Å². The Kier molecular flexibility index (Phi) is 6.16. The lowest BCUT2D eigenvalue weighted by molar-refractivity contribution is 0.0751. The zero-order chi connectivity index (χ0) is 17.6. The van der Waals surface area contributed by atoms with Gasteiger partial charge in [-0.05, 0) is 76.4 Å². The van der Waals surface area contributed by atoms with Gasteiger partial charge in [-0.25, -0.2) is 0 Å². The summed E-state index contributed by atoms with van der Waals surface area (Å²) in [6.45, 7) is 6.48. The van der Waals surface area contributed by atoms with Crippen LogP contribution in [0.2, 0.25) is 0 Å². The number of nitrogens with one attached hydrogen (secondary N) is 1. The third kappa shape index (κ3) is 4.07. The summed E-state index contributed by atoms with van der Waals surface area (Å²) >= 11 is 0. The van der Waals surface area contributed by atoms with Crippen molar-refractivity contribution in [2.75, 3.05) is 20.1 Å². The standard InChI is InChI=1S/C21H30N4/c1-16-8-5-13-23-20(16)18-10-4-11-19(25(18)15-7-12-22-3)21-17(2)9-6-14-24-21/h5-6,8-9,13-14,18-19,22H,4,7,10-12,15H2,1-3H3/t18-,19+. The maximum Gasteiger partial charge on any atom is 0.0604 e. The van der Waals surface area contributed by atoms with Crippen LogP contribution in [-0.2, 0) is 0 Å². The molecule has 0 unspecified atom stereocenters. The maximum atomic E-state index is 4.75. The van der Waals surface area contributed by atoms with Crippen molar-refractivity contribution in [2.24, 2.45) is 0 Å². The van der Waals surface area contributed by atoms with E-state index in [1.54, 1.807) is 0 Å². The molecule has 4 heteroatoms. The summed E-state index contributed by atoms with van der Waals surface area (Å²) in [5.74, 6) is 0. The third-order valence-corrected chi connectivity index (χ3v) is 5.33. The van der Waals surface area contributed by atoms with Crippen molar-refractivity contribution >= 4 is 0 Å². The van der Waals surface area contributed by atoms with Gasteiger partial charge >= 0.3 is 0 Å². The van der Waals surface area contributed by atoms with Crippen LogP contribution in [-0.4, -0.2) is 35.0 Å². The monoisotopic (exact) mass is 338 g/mol. The van der Waals surface area contributed by atoms with Crippen molar-refractivity contribution in [2.45, 2.75) is 51.6 Å². The molecule has 4 nitrogen and oxygen atoms in total. The van der Waals surface area contributed by atoms with E-state index in [2.05, 4.69) is 36.2 Å². The van der Waals surface area contributed by atoms with Crippen LogP contribution in [0.5, 0.6) is 0 Å². The number of hydrogen-bond acceptors (Lipinski definition) is 4. The molecule has 25 heavy (non-hydrogen) atoms. The number of hydrogen-bond donors (Lipinski definition) is 1. The van der Waals surface area contributed by atoms with Crippen LogP contribution in [0.4, 0.5) is 0 Å². The normalized spacial score (nSPS) is 21.4. The van der Waals surface area contributed by atoms with E-state index in [0.29, 0.717) is 12.1 Å². The summed E-state index contributed by atoms with van der Waals surface area (Å²) in [5, 5.41) is 3.28. The van der Waals surface area contributed by atoms with Gasteiger partial charge in [-0.2, -0.15) is 0 Å². The van der Waals surface area contributed by atoms with Crippen molar-refractivity contribution in [1.82, 2.24) is 20.2 Å². The molecule has 1 aliphatic rings. The molecule has 134 valence electrons. The number of nitrogens with zero attached hydrogens (tertiary/aromatic N) is 3. The summed E-state index contributed by atoms with van der Waals surface area (Å²) < 4.78 is 0. The molecule has 0 radical (unpaired) electrons. The van der Waals surface area contributed by atoms with Gasteiger partial charge in [0.05, 0.1) is 23.5 Å². The molecule has 2 aromatic heterocycles. The minimum absolute atomic E-state index is 0.387. The smallest absolute Gasteiger partial charge is 0.0604 e. The molecule has 0 bridgehead atoms. The highest BCUT2D eigenvalue weighted by Gasteiger charge is 2.34. The Labute approximate surface area is 151 Å². The zero-order valence-corrected chi connectivity index (χ0v) is 15.7. The molecular weight excluding hydrogens is 308 g/mol. The lowest BCUT2D eigenvalue weighted by Crippen LogP contribution is -2.39. The van der Waals surface area contributed by atoms with Gasteiger partial charge in [0.1, 0.15) is 0 Å². The van der Waals surface area contributed by atoms with E-state index in [0.717, 1.165) is 19.5 Å². The first-order chi connectivity index (χ1) is 12.2. The predicted octanol–water partition coefficient (Wildman–Crippen LogP) is 3.97. The molecule has 3 heterocycles. The fourth-order valence-corrected chi connectivity index (χ4v) is 4.08. The molecule has 1 aliphatic heterocycles. The average Bonchev–Trinajstić information content (AvgIpc) is 2.63. The minimum Gasteiger partial charge on any atom is -0.320 e. The fraction of sp³-hybridized carbons (Fsp3) is 0.524. The summed E-state index contributed by atoms with van der Waals surface area (Å²) in [5.41, 5.74) is 5.07. The first kappa shape index (κ1) is 18.0. The predicted molar refractivity (Wildman–Crippen MR) is 103 cm³/mol. The number of piperidine rings is 1. The Bertz CT molecular complexity index is 632. The molecule has 1 fully saturated rings. The first-order valence-corrected chi connectivity index (χ1v) is 9.45.